The topological polar surface area (TPSA) is 27.0 Å². The number of hydrogen-bond donors (Lipinski definition) is 0. The molecule has 1 heterocycles. The monoisotopic (exact) mass is 228 g/mol. The molecule has 17 heavy (non-hydrogen) atoms. The Bertz CT molecular complexity index is 454. The average molecular weight is 228 g/mol. The quantitative estimate of drug-likeness (QED) is 0.735. The van der Waals surface area contributed by atoms with Gasteiger partial charge in [-0.2, -0.15) is 5.26 Å². The third-order valence-electron chi connectivity index (χ3n) is 3.51. The Labute approximate surface area is 104 Å². The SMILES string of the molecule is Cc1ccc(C#N)c(N2CCCC(C)(C)C2)c1. The lowest BCUT2D eigenvalue weighted by molar-refractivity contribution is 0.293. The predicted molar refractivity (Wildman–Crippen MR) is 71.1 cm³/mol. The number of rotatable bonds is 1. The average Bonchev–Trinajstić information content (AvgIpc) is 2.27. The molecule has 0 radical (unpaired) electrons. The molecule has 0 atom stereocenters. The number of nitrogens with zero attached hydrogens (tertiary/aromatic N) is 2. The highest BCUT2D eigenvalue weighted by molar-refractivity contribution is 5.61. The zero-order valence-corrected chi connectivity index (χ0v) is 11.0. The van der Waals surface area contributed by atoms with E-state index in [1.54, 1.807) is 0 Å². The second kappa shape index (κ2) is 4.41. The Kier molecular flexibility index (Phi) is 3.11. The fraction of sp³-hybridized carbons (Fsp3) is 0.533. The maximum atomic E-state index is 9.19. The Morgan fingerprint density at radius 2 is 2.12 bits per heavy atom. The Morgan fingerprint density at radius 1 is 1.35 bits per heavy atom. The van der Waals surface area contributed by atoms with E-state index in [-0.39, 0.29) is 0 Å². The van der Waals surface area contributed by atoms with E-state index in [1.165, 1.54) is 18.4 Å². The highest BCUT2D eigenvalue weighted by Crippen LogP contribution is 2.33. The second-order valence-electron chi connectivity index (χ2n) is 5.82. The van der Waals surface area contributed by atoms with E-state index in [2.05, 4.69) is 37.8 Å². The fourth-order valence-corrected chi connectivity index (χ4v) is 2.63. The lowest BCUT2D eigenvalue weighted by Gasteiger charge is -2.39. The summed E-state index contributed by atoms with van der Waals surface area (Å²) in [4.78, 5) is 2.37. The first-order chi connectivity index (χ1) is 8.02. The van der Waals surface area contributed by atoms with Crippen molar-refractivity contribution in [3.05, 3.63) is 29.3 Å². The van der Waals surface area contributed by atoms with Crippen LogP contribution in [0.2, 0.25) is 0 Å². The third-order valence-corrected chi connectivity index (χ3v) is 3.51. The van der Waals surface area contributed by atoms with Crippen molar-refractivity contribution in [3.8, 4) is 6.07 Å². The molecule has 2 nitrogen and oxygen atoms in total. The van der Waals surface area contributed by atoms with Crippen molar-refractivity contribution in [1.29, 1.82) is 5.26 Å². The summed E-state index contributed by atoms with van der Waals surface area (Å²) in [6.45, 7) is 8.81. The summed E-state index contributed by atoms with van der Waals surface area (Å²) in [5, 5.41) is 9.19. The van der Waals surface area contributed by atoms with Gasteiger partial charge in [-0.25, -0.2) is 0 Å². The molecular weight excluding hydrogens is 208 g/mol. The zero-order valence-electron chi connectivity index (χ0n) is 11.0. The molecule has 0 bridgehead atoms. The van der Waals surface area contributed by atoms with Crippen molar-refractivity contribution in [2.75, 3.05) is 18.0 Å². The molecule has 0 aromatic heterocycles. The van der Waals surface area contributed by atoms with Gasteiger partial charge < -0.3 is 4.90 Å². The van der Waals surface area contributed by atoms with E-state index in [4.69, 9.17) is 0 Å². The second-order valence-corrected chi connectivity index (χ2v) is 5.82. The van der Waals surface area contributed by atoms with Crippen molar-refractivity contribution in [2.24, 2.45) is 5.41 Å². The summed E-state index contributed by atoms with van der Waals surface area (Å²) in [6, 6.07) is 8.39. The minimum Gasteiger partial charge on any atom is -0.370 e. The van der Waals surface area contributed by atoms with Gasteiger partial charge in [-0.1, -0.05) is 19.9 Å². The Hall–Kier alpha value is -1.49. The van der Waals surface area contributed by atoms with Gasteiger partial charge in [0.2, 0.25) is 0 Å². The summed E-state index contributed by atoms with van der Waals surface area (Å²) in [6.07, 6.45) is 2.49. The normalized spacial score (nSPS) is 18.8. The van der Waals surface area contributed by atoms with Crippen molar-refractivity contribution in [2.45, 2.75) is 33.6 Å². The molecule has 0 saturated carbocycles. The van der Waals surface area contributed by atoms with Gasteiger partial charge in [0.25, 0.3) is 0 Å². The molecule has 1 aliphatic rings. The minimum atomic E-state index is 0.356. The number of aryl methyl sites for hydroxylation is 1. The van der Waals surface area contributed by atoms with Crippen LogP contribution in [0.3, 0.4) is 0 Å². The molecule has 90 valence electrons. The van der Waals surface area contributed by atoms with Crippen LogP contribution in [0.5, 0.6) is 0 Å². The number of hydrogen-bond acceptors (Lipinski definition) is 2. The molecule has 2 heteroatoms. The van der Waals surface area contributed by atoms with Crippen molar-refractivity contribution < 1.29 is 0 Å². The molecule has 0 aliphatic carbocycles. The lowest BCUT2D eigenvalue weighted by Crippen LogP contribution is -2.40. The van der Waals surface area contributed by atoms with Crippen molar-refractivity contribution in [3.63, 3.8) is 0 Å². The molecule has 0 spiro atoms. The summed E-state index contributed by atoms with van der Waals surface area (Å²) < 4.78 is 0. The first-order valence-electron chi connectivity index (χ1n) is 6.27. The van der Waals surface area contributed by atoms with Crippen LogP contribution in [0.15, 0.2) is 18.2 Å². The van der Waals surface area contributed by atoms with Gasteiger partial charge >= 0.3 is 0 Å². The van der Waals surface area contributed by atoms with E-state index in [9.17, 15) is 5.26 Å². The van der Waals surface area contributed by atoms with E-state index in [0.29, 0.717) is 5.41 Å². The number of benzene rings is 1. The number of anilines is 1. The van der Waals surface area contributed by atoms with E-state index >= 15 is 0 Å². The van der Waals surface area contributed by atoms with Gasteiger partial charge in [-0.05, 0) is 42.9 Å². The van der Waals surface area contributed by atoms with Gasteiger partial charge in [0, 0.05) is 13.1 Å². The molecule has 0 N–H and O–H groups in total. The molecule has 1 aromatic rings. The molecule has 0 amide bonds. The first kappa shape index (κ1) is 12.0. The van der Waals surface area contributed by atoms with Crippen LogP contribution in [0.4, 0.5) is 5.69 Å². The van der Waals surface area contributed by atoms with Gasteiger partial charge in [0.1, 0.15) is 6.07 Å². The fourth-order valence-electron chi connectivity index (χ4n) is 2.63. The number of nitriles is 1. The lowest BCUT2D eigenvalue weighted by atomic mass is 9.84. The molecule has 1 aromatic carbocycles. The van der Waals surface area contributed by atoms with E-state index in [1.807, 2.05) is 12.1 Å². The molecule has 1 aliphatic heterocycles. The van der Waals surface area contributed by atoms with Gasteiger partial charge in [-0.3, -0.25) is 0 Å². The molecule has 1 fully saturated rings. The third kappa shape index (κ3) is 2.61. The molecular formula is C15H20N2. The maximum Gasteiger partial charge on any atom is 0.101 e. The summed E-state index contributed by atoms with van der Waals surface area (Å²) in [7, 11) is 0. The standard InChI is InChI=1S/C15H20N2/c1-12-5-6-13(10-16)14(9-12)17-8-4-7-15(2,3)11-17/h5-6,9H,4,7-8,11H2,1-3H3. The van der Waals surface area contributed by atoms with Crippen LogP contribution >= 0.6 is 0 Å². The largest absolute Gasteiger partial charge is 0.370 e. The van der Waals surface area contributed by atoms with E-state index < -0.39 is 0 Å². The first-order valence-corrected chi connectivity index (χ1v) is 6.27. The minimum absolute atomic E-state index is 0.356. The highest BCUT2D eigenvalue weighted by Gasteiger charge is 2.27. The number of piperidine rings is 1. The van der Waals surface area contributed by atoms with Crippen LogP contribution in [0.1, 0.15) is 37.8 Å². The van der Waals surface area contributed by atoms with Gasteiger partial charge in [-0.15, -0.1) is 0 Å². The van der Waals surface area contributed by atoms with Gasteiger partial charge in [0.15, 0.2) is 0 Å². The van der Waals surface area contributed by atoms with Crippen molar-refractivity contribution >= 4 is 5.69 Å². The smallest absolute Gasteiger partial charge is 0.101 e. The van der Waals surface area contributed by atoms with Crippen molar-refractivity contribution in [1.82, 2.24) is 0 Å². The predicted octanol–water partition coefficient (Wildman–Crippen LogP) is 3.49. The Morgan fingerprint density at radius 3 is 2.76 bits per heavy atom. The van der Waals surface area contributed by atoms with E-state index in [0.717, 1.165) is 24.3 Å². The van der Waals surface area contributed by atoms with Gasteiger partial charge in [0.05, 0.1) is 11.3 Å². The molecule has 1 saturated heterocycles. The molecule has 0 unspecified atom stereocenters. The zero-order chi connectivity index (χ0) is 12.5. The highest BCUT2D eigenvalue weighted by atomic mass is 15.1. The van der Waals surface area contributed by atoms with Crippen LogP contribution in [0, 0.1) is 23.7 Å². The Balaban J connectivity index is 2.33. The van der Waals surface area contributed by atoms with Crippen LogP contribution in [0.25, 0.3) is 0 Å². The maximum absolute atomic E-state index is 9.19. The molecule has 2 rings (SSSR count). The van der Waals surface area contributed by atoms with Crippen LogP contribution in [-0.2, 0) is 0 Å². The van der Waals surface area contributed by atoms with Crippen LogP contribution in [-0.4, -0.2) is 13.1 Å². The van der Waals surface area contributed by atoms with Crippen LogP contribution < -0.4 is 4.90 Å². The summed E-state index contributed by atoms with van der Waals surface area (Å²) in [5.41, 5.74) is 3.49. The summed E-state index contributed by atoms with van der Waals surface area (Å²) in [5.74, 6) is 0. The summed E-state index contributed by atoms with van der Waals surface area (Å²) >= 11 is 0.